The zero-order valence-electron chi connectivity index (χ0n) is 11.9. The van der Waals surface area contributed by atoms with E-state index in [9.17, 15) is 13.2 Å². The van der Waals surface area contributed by atoms with Gasteiger partial charge in [0, 0.05) is 37.7 Å². The summed E-state index contributed by atoms with van der Waals surface area (Å²) in [4.78, 5) is 15.6. The predicted octanol–water partition coefficient (Wildman–Crippen LogP) is 0.875. The molecule has 0 spiro atoms. The number of nitrogens with one attached hydrogen (secondary N) is 2. The molecule has 0 aromatic carbocycles. The summed E-state index contributed by atoms with van der Waals surface area (Å²) in [5, 5.41) is 5.53. The fourth-order valence-corrected chi connectivity index (χ4v) is 3.17. The van der Waals surface area contributed by atoms with E-state index in [0.29, 0.717) is 31.2 Å². The number of rotatable bonds is 4. The van der Waals surface area contributed by atoms with Crippen LogP contribution in [0.3, 0.4) is 0 Å². The molecule has 0 saturated carbocycles. The third-order valence-electron chi connectivity index (χ3n) is 3.53. The summed E-state index contributed by atoms with van der Waals surface area (Å²) in [7, 11) is -3.09. The molecule has 2 heterocycles. The molecule has 21 heavy (non-hydrogen) atoms. The molecule has 0 bridgehead atoms. The van der Waals surface area contributed by atoms with Crippen molar-refractivity contribution in [2.45, 2.75) is 12.8 Å². The Balaban J connectivity index is 1.71. The molecule has 1 aromatic heterocycles. The maximum absolute atomic E-state index is 11.7. The van der Waals surface area contributed by atoms with Gasteiger partial charge >= 0.3 is 6.03 Å². The van der Waals surface area contributed by atoms with Gasteiger partial charge in [0.15, 0.2) is 0 Å². The third kappa shape index (κ3) is 4.98. The number of amides is 2. The normalized spacial score (nSPS) is 17.4. The number of anilines is 1. The Morgan fingerprint density at radius 3 is 2.52 bits per heavy atom. The Morgan fingerprint density at radius 1 is 1.33 bits per heavy atom. The Hall–Kier alpha value is -1.67. The van der Waals surface area contributed by atoms with Gasteiger partial charge in [-0.3, -0.25) is 4.98 Å². The molecule has 8 heteroatoms. The maximum atomic E-state index is 11.7. The molecular formula is C13H20N4O3S. The lowest BCUT2D eigenvalue weighted by Crippen LogP contribution is -2.41. The van der Waals surface area contributed by atoms with Gasteiger partial charge in [-0.25, -0.2) is 17.5 Å². The van der Waals surface area contributed by atoms with Crippen LogP contribution in [0.1, 0.15) is 12.8 Å². The van der Waals surface area contributed by atoms with Gasteiger partial charge in [0.1, 0.15) is 0 Å². The number of sulfonamides is 1. The molecule has 2 N–H and O–H groups in total. The van der Waals surface area contributed by atoms with Crippen molar-refractivity contribution in [3.63, 3.8) is 0 Å². The minimum atomic E-state index is -3.09. The molecule has 0 atom stereocenters. The van der Waals surface area contributed by atoms with Crippen LogP contribution >= 0.6 is 0 Å². The predicted molar refractivity (Wildman–Crippen MR) is 80.4 cm³/mol. The number of urea groups is 1. The quantitative estimate of drug-likeness (QED) is 0.863. The van der Waals surface area contributed by atoms with E-state index in [-0.39, 0.29) is 6.03 Å². The molecule has 116 valence electrons. The second kappa shape index (κ2) is 6.86. The average molecular weight is 312 g/mol. The van der Waals surface area contributed by atoms with Gasteiger partial charge < -0.3 is 10.6 Å². The average Bonchev–Trinajstić information content (AvgIpc) is 2.46. The molecule has 0 radical (unpaired) electrons. The highest BCUT2D eigenvalue weighted by atomic mass is 32.2. The Bertz CT molecular complexity index is 568. The van der Waals surface area contributed by atoms with Crippen LogP contribution in [0, 0.1) is 5.92 Å². The first-order valence-corrected chi connectivity index (χ1v) is 8.70. The van der Waals surface area contributed by atoms with Crippen LogP contribution in [0.2, 0.25) is 0 Å². The van der Waals surface area contributed by atoms with Gasteiger partial charge in [-0.15, -0.1) is 0 Å². The lowest BCUT2D eigenvalue weighted by atomic mass is 9.98. The Morgan fingerprint density at radius 2 is 1.95 bits per heavy atom. The molecule has 1 fully saturated rings. The first-order chi connectivity index (χ1) is 9.95. The summed E-state index contributed by atoms with van der Waals surface area (Å²) >= 11 is 0. The van der Waals surface area contributed by atoms with E-state index in [0.717, 1.165) is 12.8 Å². The van der Waals surface area contributed by atoms with Crippen LogP contribution in [0.15, 0.2) is 24.5 Å². The smallest absolute Gasteiger partial charge is 0.319 e. The van der Waals surface area contributed by atoms with Gasteiger partial charge in [-0.05, 0) is 30.9 Å². The molecule has 1 aromatic rings. The second-order valence-electron chi connectivity index (χ2n) is 5.18. The minimum absolute atomic E-state index is 0.258. The van der Waals surface area contributed by atoms with E-state index >= 15 is 0 Å². The highest BCUT2D eigenvalue weighted by molar-refractivity contribution is 7.88. The number of hydrogen-bond acceptors (Lipinski definition) is 4. The van der Waals surface area contributed by atoms with Gasteiger partial charge in [-0.2, -0.15) is 0 Å². The van der Waals surface area contributed by atoms with Crippen LogP contribution in [0.4, 0.5) is 10.5 Å². The second-order valence-corrected chi connectivity index (χ2v) is 7.16. The molecule has 1 saturated heterocycles. The lowest BCUT2D eigenvalue weighted by molar-refractivity contribution is 0.241. The molecular weight excluding hydrogens is 292 g/mol. The molecule has 2 rings (SSSR count). The number of piperidine rings is 1. The summed E-state index contributed by atoms with van der Waals surface area (Å²) in [6.07, 6.45) is 5.98. The van der Waals surface area contributed by atoms with Crippen molar-refractivity contribution in [2.24, 2.45) is 5.92 Å². The number of nitrogens with zero attached hydrogens (tertiary/aromatic N) is 2. The van der Waals surface area contributed by atoms with Gasteiger partial charge in [0.05, 0.1) is 6.26 Å². The van der Waals surface area contributed by atoms with Crippen LogP contribution in [-0.4, -0.2) is 49.6 Å². The fraction of sp³-hybridized carbons (Fsp3) is 0.538. The van der Waals surface area contributed by atoms with Gasteiger partial charge in [0.2, 0.25) is 10.0 Å². The highest BCUT2D eigenvalue weighted by Gasteiger charge is 2.24. The van der Waals surface area contributed by atoms with Crippen LogP contribution in [0.5, 0.6) is 0 Å². The van der Waals surface area contributed by atoms with E-state index < -0.39 is 10.0 Å². The van der Waals surface area contributed by atoms with E-state index in [1.165, 1.54) is 10.6 Å². The van der Waals surface area contributed by atoms with Crippen LogP contribution in [0.25, 0.3) is 0 Å². The van der Waals surface area contributed by atoms with E-state index in [4.69, 9.17) is 0 Å². The zero-order chi connectivity index (χ0) is 15.3. The Kier molecular flexibility index (Phi) is 5.13. The molecule has 0 unspecified atom stereocenters. The van der Waals surface area contributed by atoms with Crippen molar-refractivity contribution >= 4 is 21.7 Å². The van der Waals surface area contributed by atoms with Crippen molar-refractivity contribution in [3.8, 4) is 0 Å². The number of carbonyl (C=O) groups excluding carboxylic acids is 1. The van der Waals surface area contributed by atoms with Gasteiger partial charge in [0.25, 0.3) is 0 Å². The zero-order valence-corrected chi connectivity index (χ0v) is 12.8. The lowest BCUT2D eigenvalue weighted by Gasteiger charge is -2.30. The standard InChI is InChI=1S/C13H20N4O3S/c1-21(19,20)17-8-4-11(5-9-17)10-15-13(18)16-12-2-6-14-7-3-12/h2-3,6-7,11H,4-5,8-10H2,1H3,(H2,14,15,16,18). The van der Waals surface area contributed by atoms with Crippen molar-refractivity contribution in [1.29, 1.82) is 0 Å². The van der Waals surface area contributed by atoms with Crippen LogP contribution < -0.4 is 10.6 Å². The number of aromatic nitrogens is 1. The highest BCUT2D eigenvalue weighted by Crippen LogP contribution is 2.18. The largest absolute Gasteiger partial charge is 0.338 e. The summed E-state index contributed by atoms with van der Waals surface area (Å²) in [5.41, 5.74) is 0.689. The topological polar surface area (TPSA) is 91.4 Å². The fourth-order valence-electron chi connectivity index (χ4n) is 2.29. The summed E-state index contributed by atoms with van der Waals surface area (Å²) in [5.74, 6) is 0.311. The van der Waals surface area contributed by atoms with Crippen LogP contribution in [-0.2, 0) is 10.0 Å². The minimum Gasteiger partial charge on any atom is -0.338 e. The molecule has 2 amide bonds. The number of carbonyl (C=O) groups is 1. The monoisotopic (exact) mass is 312 g/mol. The van der Waals surface area contributed by atoms with E-state index in [2.05, 4.69) is 15.6 Å². The summed E-state index contributed by atoms with van der Waals surface area (Å²) in [6.45, 7) is 1.60. The first-order valence-electron chi connectivity index (χ1n) is 6.85. The molecule has 0 aliphatic carbocycles. The molecule has 1 aliphatic rings. The Labute approximate surface area is 124 Å². The maximum Gasteiger partial charge on any atom is 0.319 e. The SMILES string of the molecule is CS(=O)(=O)N1CCC(CNC(=O)Nc2ccncc2)CC1. The van der Waals surface area contributed by atoms with Gasteiger partial charge in [-0.1, -0.05) is 0 Å². The number of pyridine rings is 1. The van der Waals surface area contributed by atoms with Crippen molar-refractivity contribution in [3.05, 3.63) is 24.5 Å². The third-order valence-corrected chi connectivity index (χ3v) is 4.84. The molecule has 1 aliphatic heterocycles. The van der Waals surface area contributed by atoms with Crippen molar-refractivity contribution in [1.82, 2.24) is 14.6 Å². The summed E-state index contributed by atoms with van der Waals surface area (Å²) < 4.78 is 24.3. The van der Waals surface area contributed by atoms with Crippen molar-refractivity contribution < 1.29 is 13.2 Å². The molecule has 7 nitrogen and oxygen atoms in total. The van der Waals surface area contributed by atoms with E-state index in [1.807, 2.05) is 0 Å². The summed E-state index contributed by atoms with van der Waals surface area (Å²) in [6, 6.07) is 3.17. The number of hydrogen-bond donors (Lipinski definition) is 2. The van der Waals surface area contributed by atoms with Crippen molar-refractivity contribution in [2.75, 3.05) is 31.2 Å². The van der Waals surface area contributed by atoms with E-state index in [1.54, 1.807) is 24.5 Å². The first kappa shape index (κ1) is 15.7.